The van der Waals surface area contributed by atoms with E-state index in [0.717, 1.165) is 63.3 Å². The molecule has 0 aliphatic carbocycles. The van der Waals surface area contributed by atoms with E-state index in [1.165, 1.54) is 19.4 Å². The number of carbonyl (C=O) groups is 1. The maximum Gasteiger partial charge on any atom is 0.272 e. The highest BCUT2D eigenvalue weighted by Gasteiger charge is 2.26. The Kier molecular flexibility index (Phi) is 7.86. The van der Waals surface area contributed by atoms with Crippen LogP contribution in [0, 0.1) is 0 Å². The van der Waals surface area contributed by atoms with Gasteiger partial charge < -0.3 is 15.0 Å². The fraction of sp³-hybridized carbons (Fsp3) is 0.720. The molecule has 2 aromatic rings. The molecule has 0 bridgehead atoms. The minimum Gasteiger partial charge on any atom is -0.474 e. The van der Waals surface area contributed by atoms with E-state index in [1.54, 1.807) is 4.68 Å². The van der Waals surface area contributed by atoms with Crippen molar-refractivity contribution < 1.29 is 9.53 Å². The summed E-state index contributed by atoms with van der Waals surface area (Å²) in [5.41, 5.74) is 1.12. The van der Waals surface area contributed by atoms with Gasteiger partial charge in [0.25, 0.3) is 5.91 Å². The van der Waals surface area contributed by atoms with Crippen LogP contribution in [0.4, 0.5) is 0 Å². The summed E-state index contributed by atoms with van der Waals surface area (Å²) < 4.78 is 7.65. The number of aryl methyl sites for hydroxylation is 1. The zero-order valence-corrected chi connectivity index (χ0v) is 20.7. The highest BCUT2D eigenvalue weighted by molar-refractivity contribution is 6.04. The number of hydrogen-bond donors (Lipinski definition) is 1. The molecule has 2 fully saturated rings. The van der Waals surface area contributed by atoms with Crippen LogP contribution >= 0.6 is 0 Å². The third-order valence-electron chi connectivity index (χ3n) is 7.39. The number of piperidine rings is 1. The number of pyridine rings is 1. The van der Waals surface area contributed by atoms with Gasteiger partial charge in [0.2, 0.25) is 5.88 Å². The van der Waals surface area contributed by atoms with Crippen LogP contribution in [0.15, 0.2) is 12.1 Å². The molecule has 0 spiro atoms. The molecule has 33 heavy (non-hydrogen) atoms. The van der Waals surface area contributed by atoms with Gasteiger partial charge in [0, 0.05) is 51.4 Å². The summed E-state index contributed by atoms with van der Waals surface area (Å²) in [6, 6.07) is 4.68. The van der Waals surface area contributed by atoms with Crippen LogP contribution in [0.5, 0.6) is 5.88 Å². The lowest BCUT2D eigenvalue weighted by Gasteiger charge is -2.33. The third kappa shape index (κ3) is 5.66. The summed E-state index contributed by atoms with van der Waals surface area (Å²) in [6.45, 7) is 12.2. The zero-order chi connectivity index (χ0) is 23.4. The maximum atomic E-state index is 13.0. The van der Waals surface area contributed by atoms with Crippen molar-refractivity contribution in [2.75, 3.05) is 32.7 Å². The minimum absolute atomic E-state index is 0.111. The van der Waals surface area contributed by atoms with Gasteiger partial charge in [-0.2, -0.15) is 10.1 Å². The molecule has 182 valence electrons. The number of likely N-dealkylation sites (tertiary alicyclic amines) is 2. The normalized spacial score (nSPS) is 20.7. The summed E-state index contributed by atoms with van der Waals surface area (Å²) in [5.74, 6) is 0.474. The number of amides is 1. The molecule has 2 saturated heterocycles. The second-order valence-electron chi connectivity index (χ2n) is 9.67. The molecular weight excluding hydrogens is 416 g/mol. The first-order chi connectivity index (χ1) is 16.0. The van der Waals surface area contributed by atoms with Crippen molar-refractivity contribution in [1.82, 2.24) is 29.9 Å². The van der Waals surface area contributed by atoms with E-state index in [-0.39, 0.29) is 18.1 Å². The molecule has 0 aromatic carbocycles. The van der Waals surface area contributed by atoms with E-state index in [2.05, 4.69) is 46.0 Å². The van der Waals surface area contributed by atoms with Crippen molar-refractivity contribution in [3.63, 3.8) is 0 Å². The second kappa shape index (κ2) is 10.8. The molecular formula is C25H40N6O2. The van der Waals surface area contributed by atoms with E-state index in [9.17, 15) is 4.79 Å². The van der Waals surface area contributed by atoms with Gasteiger partial charge in [-0.3, -0.25) is 9.69 Å². The number of nitrogens with zero attached hydrogens (tertiary/aromatic N) is 5. The van der Waals surface area contributed by atoms with E-state index in [0.29, 0.717) is 17.2 Å². The average molecular weight is 457 g/mol. The SMILES string of the molecule is CCC(CC)Oc1ccc2c(C(=O)NC3CCN(CCN4CCCC4C)CC3)nn(C)c2n1. The second-order valence-corrected chi connectivity index (χ2v) is 9.67. The van der Waals surface area contributed by atoms with Crippen LogP contribution in [-0.2, 0) is 7.05 Å². The van der Waals surface area contributed by atoms with Crippen molar-refractivity contribution in [3.05, 3.63) is 17.8 Å². The van der Waals surface area contributed by atoms with Gasteiger partial charge in [-0.1, -0.05) is 13.8 Å². The predicted molar refractivity (Wildman–Crippen MR) is 131 cm³/mol. The van der Waals surface area contributed by atoms with E-state index < -0.39 is 0 Å². The average Bonchev–Trinajstić information content (AvgIpc) is 3.39. The van der Waals surface area contributed by atoms with E-state index >= 15 is 0 Å². The molecule has 1 atom stereocenters. The number of rotatable bonds is 9. The first kappa shape index (κ1) is 24.0. The molecule has 0 radical (unpaired) electrons. The van der Waals surface area contributed by atoms with E-state index in [1.807, 2.05) is 19.2 Å². The molecule has 0 saturated carbocycles. The topological polar surface area (TPSA) is 75.5 Å². The molecule has 8 nitrogen and oxygen atoms in total. The Morgan fingerprint density at radius 1 is 1.15 bits per heavy atom. The van der Waals surface area contributed by atoms with Gasteiger partial charge in [-0.25, -0.2) is 4.68 Å². The Balaban J connectivity index is 1.31. The molecule has 8 heteroatoms. The standard InChI is InChI=1S/C25H40N6O2/c1-5-20(6-2)33-22-10-9-21-23(28-29(4)24(21)27-22)25(32)26-19-11-14-30(15-12-19)16-17-31-13-7-8-18(31)3/h9-10,18-20H,5-8,11-17H2,1-4H3,(H,26,32). The largest absolute Gasteiger partial charge is 0.474 e. The Bertz CT molecular complexity index is 932. The molecule has 2 aliphatic heterocycles. The Hall–Kier alpha value is -2.19. The predicted octanol–water partition coefficient (Wildman–Crippen LogP) is 3.21. The quantitative estimate of drug-likeness (QED) is 0.625. The lowest BCUT2D eigenvalue weighted by atomic mass is 10.0. The first-order valence-corrected chi connectivity index (χ1v) is 12.8. The first-order valence-electron chi connectivity index (χ1n) is 12.8. The number of carbonyl (C=O) groups excluding carboxylic acids is 1. The minimum atomic E-state index is -0.111. The number of nitrogens with one attached hydrogen (secondary N) is 1. The molecule has 1 N–H and O–H groups in total. The molecule has 2 aromatic heterocycles. The van der Waals surface area contributed by atoms with Gasteiger partial charge in [-0.15, -0.1) is 0 Å². The smallest absolute Gasteiger partial charge is 0.272 e. The van der Waals surface area contributed by atoms with Crippen LogP contribution in [-0.4, -0.2) is 81.4 Å². The zero-order valence-electron chi connectivity index (χ0n) is 20.7. The number of aromatic nitrogens is 3. The fourth-order valence-corrected chi connectivity index (χ4v) is 5.12. The summed E-state index contributed by atoms with van der Waals surface area (Å²) in [5, 5.41) is 8.47. The van der Waals surface area contributed by atoms with Crippen LogP contribution < -0.4 is 10.1 Å². The van der Waals surface area contributed by atoms with Crippen LogP contribution in [0.1, 0.15) is 69.8 Å². The lowest BCUT2D eigenvalue weighted by Crippen LogP contribution is -2.46. The van der Waals surface area contributed by atoms with Crippen molar-refractivity contribution >= 4 is 16.9 Å². The number of hydrogen-bond acceptors (Lipinski definition) is 6. The molecule has 2 aliphatic rings. The highest BCUT2D eigenvalue weighted by atomic mass is 16.5. The van der Waals surface area contributed by atoms with Crippen molar-refractivity contribution in [2.45, 2.75) is 77.5 Å². The van der Waals surface area contributed by atoms with E-state index in [4.69, 9.17) is 4.74 Å². The van der Waals surface area contributed by atoms with Gasteiger partial charge in [0.05, 0.1) is 11.5 Å². The van der Waals surface area contributed by atoms with Crippen molar-refractivity contribution in [3.8, 4) is 5.88 Å². The maximum absolute atomic E-state index is 13.0. The van der Waals surface area contributed by atoms with Crippen molar-refractivity contribution in [1.29, 1.82) is 0 Å². The van der Waals surface area contributed by atoms with Crippen molar-refractivity contribution in [2.24, 2.45) is 7.05 Å². The van der Waals surface area contributed by atoms with Crippen LogP contribution in [0.2, 0.25) is 0 Å². The van der Waals surface area contributed by atoms with Gasteiger partial charge >= 0.3 is 0 Å². The third-order valence-corrected chi connectivity index (χ3v) is 7.39. The molecule has 1 amide bonds. The van der Waals surface area contributed by atoms with Gasteiger partial charge in [0.1, 0.15) is 0 Å². The van der Waals surface area contributed by atoms with Crippen LogP contribution in [0.3, 0.4) is 0 Å². The Morgan fingerprint density at radius 3 is 2.58 bits per heavy atom. The Labute approximate surface area is 197 Å². The highest BCUT2D eigenvalue weighted by Crippen LogP contribution is 2.22. The van der Waals surface area contributed by atoms with Gasteiger partial charge in [-0.05, 0) is 58.1 Å². The fourth-order valence-electron chi connectivity index (χ4n) is 5.12. The summed E-state index contributed by atoms with van der Waals surface area (Å²) in [7, 11) is 1.83. The Morgan fingerprint density at radius 2 is 1.91 bits per heavy atom. The summed E-state index contributed by atoms with van der Waals surface area (Å²) in [4.78, 5) is 22.8. The van der Waals surface area contributed by atoms with Crippen LogP contribution in [0.25, 0.3) is 11.0 Å². The lowest BCUT2D eigenvalue weighted by molar-refractivity contribution is 0.0902. The molecule has 1 unspecified atom stereocenters. The number of fused-ring (bicyclic) bond motifs is 1. The summed E-state index contributed by atoms with van der Waals surface area (Å²) in [6.07, 6.45) is 6.65. The monoisotopic (exact) mass is 456 g/mol. The summed E-state index contributed by atoms with van der Waals surface area (Å²) >= 11 is 0. The molecule has 4 heterocycles. The number of ether oxygens (including phenoxy) is 1. The van der Waals surface area contributed by atoms with Gasteiger partial charge in [0.15, 0.2) is 11.3 Å². The molecule has 4 rings (SSSR count).